The molecule has 0 saturated carbocycles. The van der Waals surface area contributed by atoms with Crippen molar-refractivity contribution in [2.24, 2.45) is 5.41 Å². The fourth-order valence-electron chi connectivity index (χ4n) is 1.09. The molecule has 0 bridgehead atoms. The van der Waals surface area contributed by atoms with E-state index in [4.69, 9.17) is 4.74 Å². The first kappa shape index (κ1) is 7.07. The minimum absolute atomic E-state index is 0.274. The van der Waals surface area contributed by atoms with Crippen LogP contribution in [0.5, 0.6) is 0 Å². The van der Waals surface area contributed by atoms with E-state index in [-0.39, 0.29) is 5.41 Å². The van der Waals surface area contributed by atoms with E-state index in [1.807, 2.05) is 0 Å². The molecule has 1 heteroatoms. The van der Waals surface area contributed by atoms with Gasteiger partial charge >= 0.3 is 0 Å². The third kappa shape index (κ3) is 1.68. The van der Waals surface area contributed by atoms with E-state index in [2.05, 4.69) is 20.8 Å². The lowest BCUT2D eigenvalue weighted by Crippen LogP contribution is -2.16. The van der Waals surface area contributed by atoms with Gasteiger partial charge in [0.1, 0.15) is 6.10 Å². The second-order valence-corrected chi connectivity index (χ2v) is 3.63. The van der Waals surface area contributed by atoms with Gasteiger partial charge in [-0.2, -0.15) is 0 Å². The second-order valence-electron chi connectivity index (χ2n) is 3.63. The van der Waals surface area contributed by atoms with E-state index in [9.17, 15) is 0 Å². The number of hydrogen-bond acceptors (Lipinski definition) is 1. The monoisotopic (exact) mass is 127 g/mol. The van der Waals surface area contributed by atoms with Gasteiger partial charge in [0.15, 0.2) is 0 Å². The van der Waals surface area contributed by atoms with Crippen molar-refractivity contribution in [3.63, 3.8) is 0 Å². The van der Waals surface area contributed by atoms with Gasteiger partial charge in [0.25, 0.3) is 0 Å². The van der Waals surface area contributed by atoms with Gasteiger partial charge < -0.3 is 4.74 Å². The highest BCUT2D eigenvalue weighted by Gasteiger charge is 2.29. The standard InChI is InChI=1S/C8H15O/c1-8(2,3)7-5-4-6-9-7/h4-6H2,1-3H3. The maximum atomic E-state index is 5.43. The molecular weight excluding hydrogens is 112 g/mol. The van der Waals surface area contributed by atoms with E-state index in [1.54, 1.807) is 0 Å². The SMILES string of the molecule is CC(C)(C)[C]1CCCO1. The van der Waals surface area contributed by atoms with E-state index >= 15 is 0 Å². The third-order valence-corrected chi connectivity index (χ3v) is 1.66. The Morgan fingerprint density at radius 3 is 2.22 bits per heavy atom. The fraction of sp³-hybridized carbons (Fsp3) is 0.875. The minimum atomic E-state index is 0.274. The predicted molar refractivity (Wildman–Crippen MR) is 37.9 cm³/mol. The molecule has 0 spiro atoms. The largest absolute Gasteiger partial charge is 0.371 e. The molecule has 0 atom stereocenters. The van der Waals surface area contributed by atoms with Crippen LogP contribution in [0, 0.1) is 11.5 Å². The first-order valence-electron chi connectivity index (χ1n) is 3.60. The van der Waals surface area contributed by atoms with Gasteiger partial charge in [0, 0.05) is 6.61 Å². The summed E-state index contributed by atoms with van der Waals surface area (Å²) in [7, 11) is 0. The number of ether oxygens (including phenoxy) is 1. The maximum absolute atomic E-state index is 5.43. The molecule has 53 valence electrons. The summed E-state index contributed by atoms with van der Waals surface area (Å²) in [5.74, 6) is 0. The summed E-state index contributed by atoms with van der Waals surface area (Å²) in [6.45, 7) is 7.54. The first-order valence-corrected chi connectivity index (χ1v) is 3.60. The Labute approximate surface area is 57.4 Å². The minimum Gasteiger partial charge on any atom is -0.371 e. The molecule has 1 saturated heterocycles. The molecule has 0 N–H and O–H groups in total. The Balaban J connectivity index is 2.42. The van der Waals surface area contributed by atoms with Crippen molar-refractivity contribution < 1.29 is 4.74 Å². The molecule has 0 unspecified atom stereocenters. The molecule has 0 aliphatic carbocycles. The summed E-state index contributed by atoms with van der Waals surface area (Å²) >= 11 is 0. The third-order valence-electron chi connectivity index (χ3n) is 1.66. The van der Waals surface area contributed by atoms with Crippen molar-refractivity contribution in [1.29, 1.82) is 0 Å². The van der Waals surface area contributed by atoms with Crippen LogP contribution in [0.4, 0.5) is 0 Å². The molecule has 1 aliphatic heterocycles. The second kappa shape index (κ2) is 2.30. The number of rotatable bonds is 0. The van der Waals surface area contributed by atoms with E-state index < -0.39 is 0 Å². The Hall–Kier alpha value is -0.0400. The zero-order valence-corrected chi connectivity index (χ0v) is 6.53. The van der Waals surface area contributed by atoms with Crippen LogP contribution in [-0.4, -0.2) is 6.61 Å². The predicted octanol–water partition coefficient (Wildman–Crippen LogP) is 2.37. The number of hydrogen-bond donors (Lipinski definition) is 0. The summed E-state index contributed by atoms with van der Waals surface area (Å²) in [6, 6.07) is 0. The molecule has 1 aliphatic rings. The normalized spacial score (nSPS) is 23.0. The van der Waals surface area contributed by atoms with Crippen LogP contribution >= 0.6 is 0 Å². The highest BCUT2D eigenvalue weighted by molar-refractivity contribution is 4.94. The van der Waals surface area contributed by atoms with E-state index in [1.165, 1.54) is 18.9 Å². The van der Waals surface area contributed by atoms with Gasteiger partial charge in [0.05, 0.1) is 0 Å². The van der Waals surface area contributed by atoms with Crippen LogP contribution in [0.3, 0.4) is 0 Å². The summed E-state index contributed by atoms with van der Waals surface area (Å²) in [4.78, 5) is 0. The fourth-order valence-corrected chi connectivity index (χ4v) is 1.09. The topological polar surface area (TPSA) is 9.23 Å². The Morgan fingerprint density at radius 2 is 2.00 bits per heavy atom. The molecule has 0 aromatic rings. The van der Waals surface area contributed by atoms with Gasteiger partial charge in [-0.15, -0.1) is 0 Å². The molecule has 1 radical (unpaired) electrons. The molecule has 1 fully saturated rings. The van der Waals surface area contributed by atoms with E-state index in [0.717, 1.165) is 6.61 Å². The quantitative estimate of drug-likeness (QED) is 0.485. The Morgan fingerprint density at radius 1 is 1.33 bits per heavy atom. The zero-order valence-electron chi connectivity index (χ0n) is 6.53. The van der Waals surface area contributed by atoms with Crippen LogP contribution in [-0.2, 0) is 4.74 Å². The van der Waals surface area contributed by atoms with Crippen LogP contribution < -0.4 is 0 Å². The maximum Gasteiger partial charge on any atom is 0.102 e. The summed E-state index contributed by atoms with van der Waals surface area (Å²) in [5.41, 5.74) is 0.274. The van der Waals surface area contributed by atoms with Crippen molar-refractivity contribution in [3.8, 4) is 0 Å². The average molecular weight is 127 g/mol. The molecule has 9 heavy (non-hydrogen) atoms. The Bertz CT molecular complexity index is 85.2. The summed E-state index contributed by atoms with van der Waals surface area (Å²) < 4.78 is 5.43. The van der Waals surface area contributed by atoms with Gasteiger partial charge in [-0.25, -0.2) is 0 Å². The Kier molecular flexibility index (Phi) is 1.80. The highest BCUT2D eigenvalue weighted by atomic mass is 16.5. The molecule has 0 aromatic heterocycles. The lowest BCUT2D eigenvalue weighted by atomic mass is 9.88. The lowest BCUT2D eigenvalue weighted by molar-refractivity contribution is 0.122. The first-order chi connectivity index (χ1) is 4.11. The van der Waals surface area contributed by atoms with E-state index in [0.29, 0.717) is 0 Å². The molecule has 1 nitrogen and oxygen atoms in total. The zero-order chi connectivity index (χ0) is 6.91. The molecule has 0 amide bonds. The van der Waals surface area contributed by atoms with Crippen LogP contribution in [0.25, 0.3) is 0 Å². The smallest absolute Gasteiger partial charge is 0.102 e. The lowest BCUT2D eigenvalue weighted by Gasteiger charge is -2.24. The van der Waals surface area contributed by atoms with Crippen molar-refractivity contribution in [3.05, 3.63) is 6.10 Å². The van der Waals surface area contributed by atoms with Crippen LogP contribution in [0.2, 0.25) is 0 Å². The average Bonchev–Trinajstić information content (AvgIpc) is 2.08. The highest BCUT2D eigenvalue weighted by Crippen LogP contribution is 2.36. The molecule has 1 rings (SSSR count). The molecular formula is C8H15O. The summed E-state index contributed by atoms with van der Waals surface area (Å²) in [5, 5.41) is 0. The van der Waals surface area contributed by atoms with Crippen molar-refractivity contribution >= 4 is 0 Å². The van der Waals surface area contributed by atoms with Crippen LogP contribution in [0.1, 0.15) is 33.6 Å². The van der Waals surface area contributed by atoms with Gasteiger partial charge in [-0.05, 0) is 18.3 Å². The molecule has 1 heterocycles. The van der Waals surface area contributed by atoms with Crippen molar-refractivity contribution in [2.45, 2.75) is 33.6 Å². The van der Waals surface area contributed by atoms with Gasteiger partial charge in [-0.1, -0.05) is 20.8 Å². The van der Waals surface area contributed by atoms with Crippen molar-refractivity contribution in [1.82, 2.24) is 0 Å². The summed E-state index contributed by atoms with van der Waals surface area (Å²) in [6.07, 6.45) is 3.67. The van der Waals surface area contributed by atoms with Gasteiger partial charge in [-0.3, -0.25) is 0 Å². The van der Waals surface area contributed by atoms with Crippen molar-refractivity contribution in [2.75, 3.05) is 6.61 Å². The van der Waals surface area contributed by atoms with Gasteiger partial charge in [0.2, 0.25) is 0 Å². The van der Waals surface area contributed by atoms with Crippen LogP contribution in [0.15, 0.2) is 0 Å². The molecule has 0 aromatic carbocycles.